The zero-order chi connectivity index (χ0) is 19.9. The first-order valence-electron chi connectivity index (χ1n) is 9.83. The molecule has 0 fully saturated rings. The van der Waals surface area contributed by atoms with Crippen molar-refractivity contribution in [2.24, 2.45) is 0 Å². The van der Waals surface area contributed by atoms with Gasteiger partial charge in [-0.3, -0.25) is 9.59 Å². The fourth-order valence-electron chi connectivity index (χ4n) is 3.23. The Morgan fingerprint density at radius 1 is 1.07 bits per heavy atom. The van der Waals surface area contributed by atoms with Crippen LogP contribution < -0.4 is 15.5 Å². The van der Waals surface area contributed by atoms with E-state index in [2.05, 4.69) is 48.7 Å². The maximum absolute atomic E-state index is 12.3. The van der Waals surface area contributed by atoms with Crippen molar-refractivity contribution in [2.45, 2.75) is 43.5 Å². The lowest BCUT2D eigenvalue weighted by molar-refractivity contribution is -0.910. The summed E-state index contributed by atoms with van der Waals surface area (Å²) in [7, 11) is 0. The average Bonchev–Trinajstić information content (AvgIpc) is 2.72. The second kappa shape index (κ2) is 9.75. The average molecular weight is 399 g/mol. The van der Waals surface area contributed by atoms with Crippen molar-refractivity contribution < 1.29 is 14.5 Å². The zero-order valence-corrected chi connectivity index (χ0v) is 17.3. The van der Waals surface area contributed by atoms with E-state index in [1.54, 1.807) is 4.90 Å². The van der Waals surface area contributed by atoms with Gasteiger partial charge >= 0.3 is 0 Å². The van der Waals surface area contributed by atoms with Gasteiger partial charge in [-0.25, -0.2) is 0 Å². The summed E-state index contributed by atoms with van der Waals surface area (Å²) >= 11 is 1.45. The molecule has 2 amide bonds. The van der Waals surface area contributed by atoms with Gasteiger partial charge in [0.25, 0.3) is 0 Å². The lowest BCUT2D eigenvalue weighted by atomic mass is 10.1. The molecular weight excluding hydrogens is 370 g/mol. The largest absolute Gasteiger partial charge is 0.352 e. The number of benzene rings is 2. The summed E-state index contributed by atoms with van der Waals surface area (Å²) in [4.78, 5) is 27.1. The third-order valence-corrected chi connectivity index (χ3v) is 6.32. The Morgan fingerprint density at radius 2 is 1.75 bits per heavy atom. The molecule has 2 aromatic carbocycles. The number of carbonyl (C=O) groups is 2. The van der Waals surface area contributed by atoms with Crippen LogP contribution in [-0.4, -0.2) is 30.2 Å². The van der Waals surface area contributed by atoms with E-state index >= 15 is 0 Å². The summed E-state index contributed by atoms with van der Waals surface area (Å²) < 4.78 is 0. The minimum Gasteiger partial charge on any atom is -0.352 e. The lowest BCUT2D eigenvalue weighted by Crippen LogP contribution is -3.10. The zero-order valence-electron chi connectivity index (χ0n) is 16.5. The van der Waals surface area contributed by atoms with Crippen molar-refractivity contribution in [3.05, 3.63) is 59.7 Å². The number of hydrogen-bond donors (Lipinski definition) is 3. The van der Waals surface area contributed by atoms with Gasteiger partial charge < -0.3 is 15.5 Å². The molecule has 5 nitrogen and oxygen atoms in total. The van der Waals surface area contributed by atoms with E-state index in [1.807, 2.05) is 24.3 Å². The van der Waals surface area contributed by atoms with Crippen LogP contribution in [0.4, 0.5) is 5.69 Å². The van der Waals surface area contributed by atoms with E-state index in [4.69, 9.17) is 0 Å². The molecule has 1 atom stereocenters. The first-order valence-corrected chi connectivity index (χ1v) is 10.7. The molecule has 3 rings (SSSR count). The van der Waals surface area contributed by atoms with Gasteiger partial charge in [-0.2, -0.15) is 0 Å². The highest BCUT2D eigenvalue weighted by atomic mass is 32.2. The molecule has 0 radical (unpaired) electrons. The summed E-state index contributed by atoms with van der Waals surface area (Å²) in [5, 5.41) is 5.42. The number of rotatable bonds is 8. The van der Waals surface area contributed by atoms with Crippen LogP contribution in [0.3, 0.4) is 0 Å². The third kappa shape index (κ3) is 5.36. The molecule has 0 bridgehead atoms. The van der Waals surface area contributed by atoms with E-state index in [9.17, 15) is 9.59 Å². The Morgan fingerprint density at radius 3 is 2.46 bits per heavy atom. The van der Waals surface area contributed by atoms with E-state index < -0.39 is 5.25 Å². The minimum atomic E-state index is -0.394. The standard InChI is InChI=1S/C22H27N3O2S/c1-3-25(4-2)15-17-11-9-16(10-12-17)14-23-21(26)13-20-22(27)24-18-7-5-6-8-19(18)28-20/h5-12,20H,3-4,13-15H2,1-2H3,(H,23,26)(H,24,27)/p+1/t20-/m0/s1. The Kier molecular flexibility index (Phi) is 7.12. The maximum Gasteiger partial charge on any atom is 0.238 e. The van der Waals surface area contributed by atoms with Gasteiger partial charge in [-0.05, 0) is 31.5 Å². The molecule has 0 aromatic heterocycles. The summed E-state index contributed by atoms with van der Waals surface area (Å²) in [5.41, 5.74) is 3.20. The lowest BCUT2D eigenvalue weighted by Gasteiger charge is -2.23. The summed E-state index contributed by atoms with van der Waals surface area (Å²) in [6.45, 7) is 8.14. The molecule has 3 N–H and O–H groups in total. The fourth-order valence-corrected chi connectivity index (χ4v) is 4.34. The first-order chi connectivity index (χ1) is 13.6. The van der Waals surface area contributed by atoms with Crippen molar-refractivity contribution >= 4 is 29.3 Å². The smallest absolute Gasteiger partial charge is 0.238 e. The highest BCUT2D eigenvalue weighted by Crippen LogP contribution is 2.36. The number of carbonyl (C=O) groups excluding carboxylic acids is 2. The summed E-state index contributed by atoms with van der Waals surface area (Å²) in [6, 6.07) is 16.1. The van der Waals surface area contributed by atoms with Crippen LogP contribution in [0.2, 0.25) is 0 Å². The molecule has 1 aliphatic heterocycles. The quantitative estimate of drug-likeness (QED) is 0.639. The van der Waals surface area contributed by atoms with Crippen molar-refractivity contribution in [2.75, 3.05) is 18.4 Å². The topological polar surface area (TPSA) is 62.6 Å². The maximum atomic E-state index is 12.3. The van der Waals surface area contributed by atoms with E-state index in [-0.39, 0.29) is 18.2 Å². The molecule has 28 heavy (non-hydrogen) atoms. The SMILES string of the molecule is CC[NH+](CC)Cc1ccc(CNC(=O)C[C@@H]2Sc3ccccc3NC2=O)cc1. The van der Waals surface area contributed by atoms with Gasteiger partial charge in [0.05, 0.1) is 24.0 Å². The number of para-hydroxylation sites is 1. The first kappa shape index (κ1) is 20.4. The Balaban J connectivity index is 1.49. The number of anilines is 1. The predicted molar refractivity (Wildman–Crippen MR) is 113 cm³/mol. The monoisotopic (exact) mass is 398 g/mol. The van der Waals surface area contributed by atoms with Crippen LogP contribution in [0, 0.1) is 0 Å². The van der Waals surface area contributed by atoms with Crippen LogP contribution >= 0.6 is 11.8 Å². The van der Waals surface area contributed by atoms with Crippen LogP contribution in [-0.2, 0) is 22.7 Å². The van der Waals surface area contributed by atoms with E-state index in [1.165, 1.54) is 17.3 Å². The van der Waals surface area contributed by atoms with Gasteiger partial charge in [0.15, 0.2) is 0 Å². The van der Waals surface area contributed by atoms with Crippen molar-refractivity contribution in [1.29, 1.82) is 0 Å². The number of fused-ring (bicyclic) bond motifs is 1. The molecule has 0 saturated carbocycles. The van der Waals surface area contributed by atoms with Gasteiger partial charge in [0.1, 0.15) is 6.54 Å². The molecule has 0 saturated heterocycles. The Bertz CT molecular complexity index is 819. The van der Waals surface area contributed by atoms with Crippen molar-refractivity contribution in [1.82, 2.24) is 5.32 Å². The number of quaternary nitrogens is 1. The van der Waals surface area contributed by atoms with Crippen LogP contribution in [0.15, 0.2) is 53.4 Å². The molecule has 0 spiro atoms. The van der Waals surface area contributed by atoms with E-state index in [0.717, 1.165) is 35.8 Å². The Hall–Kier alpha value is -2.31. The number of thioether (sulfide) groups is 1. The number of hydrogen-bond acceptors (Lipinski definition) is 3. The third-order valence-electron chi connectivity index (χ3n) is 5.04. The molecule has 0 unspecified atom stereocenters. The van der Waals surface area contributed by atoms with E-state index in [0.29, 0.717) is 6.54 Å². The summed E-state index contributed by atoms with van der Waals surface area (Å²) in [6.07, 6.45) is 0.175. The molecule has 0 aliphatic carbocycles. The normalized spacial score (nSPS) is 15.8. The predicted octanol–water partition coefficient (Wildman–Crippen LogP) is 2.23. The highest BCUT2D eigenvalue weighted by molar-refractivity contribution is 8.01. The Labute approximate surface area is 170 Å². The number of nitrogens with one attached hydrogen (secondary N) is 3. The molecule has 1 heterocycles. The number of amides is 2. The van der Waals surface area contributed by atoms with Gasteiger partial charge in [-0.15, -0.1) is 11.8 Å². The molecule has 1 aliphatic rings. The molecular formula is C22H28N3O2S+. The molecule has 2 aromatic rings. The van der Waals surface area contributed by atoms with Crippen LogP contribution in [0.1, 0.15) is 31.4 Å². The second-order valence-corrected chi connectivity index (χ2v) is 8.27. The minimum absolute atomic E-state index is 0.108. The molecule has 148 valence electrons. The van der Waals surface area contributed by atoms with Crippen molar-refractivity contribution in [3.63, 3.8) is 0 Å². The summed E-state index contributed by atoms with van der Waals surface area (Å²) in [5.74, 6) is -0.217. The second-order valence-electron chi connectivity index (χ2n) is 7.02. The van der Waals surface area contributed by atoms with Gasteiger partial charge in [0, 0.05) is 23.4 Å². The van der Waals surface area contributed by atoms with Crippen LogP contribution in [0.25, 0.3) is 0 Å². The van der Waals surface area contributed by atoms with Gasteiger partial charge in [0.2, 0.25) is 11.8 Å². The van der Waals surface area contributed by atoms with Crippen LogP contribution in [0.5, 0.6) is 0 Å². The molecule has 6 heteroatoms. The van der Waals surface area contributed by atoms with Gasteiger partial charge in [-0.1, -0.05) is 36.4 Å². The fraction of sp³-hybridized carbons (Fsp3) is 0.364. The highest BCUT2D eigenvalue weighted by Gasteiger charge is 2.28. The van der Waals surface area contributed by atoms with Crippen molar-refractivity contribution in [3.8, 4) is 0 Å².